The summed E-state index contributed by atoms with van der Waals surface area (Å²) in [6.07, 6.45) is 2.20. The van der Waals surface area contributed by atoms with E-state index in [-0.39, 0.29) is 11.6 Å². The highest BCUT2D eigenvalue weighted by Gasteiger charge is 2.27. The quantitative estimate of drug-likeness (QED) is 0.582. The molecular weight excluding hydrogens is 406 g/mol. The van der Waals surface area contributed by atoms with E-state index in [9.17, 15) is 9.70 Å². The number of anilines is 2. The summed E-state index contributed by atoms with van der Waals surface area (Å²) in [5.74, 6) is 0.584. The Morgan fingerprint density at radius 3 is 2.44 bits per heavy atom. The summed E-state index contributed by atoms with van der Waals surface area (Å²) >= 11 is 0. The molecule has 0 N–H and O–H groups in total. The molecule has 2 aliphatic heterocycles. The van der Waals surface area contributed by atoms with Crippen LogP contribution < -0.4 is 15.4 Å². The number of benzene rings is 1. The lowest BCUT2D eigenvalue weighted by atomic mass is 10.1. The first-order valence-corrected chi connectivity index (χ1v) is 11.0. The third kappa shape index (κ3) is 3.73. The van der Waals surface area contributed by atoms with Crippen molar-refractivity contribution in [2.75, 3.05) is 56.1 Å². The minimum Gasteiger partial charge on any atom is -0.369 e. The minimum absolute atomic E-state index is 0.142. The van der Waals surface area contributed by atoms with E-state index in [0.29, 0.717) is 36.2 Å². The van der Waals surface area contributed by atoms with Gasteiger partial charge < -0.3 is 19.3 Å². The highest BCUT2D eigenvalue weighted by Crippen LogP contribution is 2.30. The van der Waals surface area contributed by atoms with Gasteiger partial charge in [-0.15, -0.1) is 0 Å². The third-order valence-electron chi connectivity index (χ3n) is 6.53. The van der Waals surface area contributed by atoms with Gasteiger partial charge in [-0.3, -0.25) is 4.79 Å². The fourth-order valence-corrected chi connectivity index (χ4v) is 4.51. The first-order chi connectivity index (χ1) is 15.5. The van der Waals surface area contributed by atoms with Crippen LogP contribution in [0.15, 0.2) is 46.6 Å². The highest BCUT2D eigenvalue weighted by atomic mass is 16.3. The number of fused-ring (bicyclic) bond motifs is 1. The predicted molar refractivity (Wildman–Crippen MR) is 126 cm³/mol. The van der Waals surface area contributed by atoms with Gasteiger partial charge in [0.2, 0.25) is 0 Å². The Labute approximate surface area is 186 Å². The van der Waals surface area contributed by atoms with E-state index in [4.69, 9.17) is 4.98 Å². The Morgan fingerprint density at radius 2 is 1.75 bits per heavy atom. The molecule has 0 bridgehead atoms. The van der Waals surface area contributed by atoms with Crippen LogP contribution in [-0.2, 0) is 7.05 Å². The van der Waals surface area contributed by atoms with Gasteiger partial charge in [0.15, 0.2) is 0 Å². The van der Waals surface area contributed by atoms with Crippen LogP contribution >= 0.6 is 0 Å². The van der Waals surface area contributed by atoms with Crippen molar-refractivity contribution in [3.8, 4) is 11.3 Å². The number of hydrogen-bond donors (Lipinski definition) is 0. The lowest BCUT2D eigenvalue weighted by Crippen LogP contribution is -2.44. The number of nitroso groups, excluding NO2 is 1. The molecule has 0 saturated carbocycles. The van der Waals surface area contributed by atoms with Gasteiger partial charge in [-0.25, -0.2) is 9.97 Å². The minimum atomic E-state index is -0.279. The second-order valence-electron chi connectivity index (χ2n) is 8.72. The zero-order valence-electron chi connectivity index (χ0n) is 18.4. The van der Waals surface area contributed by atoms with E-state index < -0.39 is 0 Å². The van der Waals surface area contributed by atoms with Gasteiger partial charge in [0.05, 0.1) is 17.5 Å². The van der Waals surface area contributed by atoms with Crippen LogP contribution in [-0.4, -0.2) is 71.8 Å². The first-order valence-electron chi connectivity index (χ1n) is 11.0. The molecule has 2 aliphatic rings. The van der Waals surface area contributed by atoms with E-state index in [1.54, 1.807) is 7.05 Å². The molecule has 2 fully saturated rings. The molecule has 32 heavy (non-hydrogen) atoms. The van der Waals surface area contributed by atoms with Gasteiger partial charge in [-0.1, -0.05) is 17.3 Å². The molecule has 0 aliphatic carbocycles. The molecule has 166 valence electrons. The SMILES string of the molecule is CN1CCN(c2ccc(-c3cc4ncn(C)c(=O)c4c(N4CCC(N=O)C4)n3)cc2)CC1. The van der Waals surface area contributed by atoms with Gasteiger partial charge in [-0.05, 0) is 31.7 Å². The molecule has 0 radical (unpaired) electrons. The summed E-state index contributed by atoms with van der Waals surface area (Å²) in [7, 11) is 3.84. The molecule has 0 spiro atoms. The van der Waals surface area contributed by atoms with Crippen LogP contribution in [0.3, 0.4) is 0 Å². The highest BCUT2D eigenvalue weighted by molar-refractivity contribution is 5.92. The number of likely N-dealkylation sites (N-methyl/N-ethyl adjacent to an activating group) is 1. The first kappa shape index (κ1) is 20.6. The zero-order chi connectivity index (χ0) is 22.2. The van der Waals surface area contributed by atoms with E-state index in [1.807, 2.05) is 11.0 Å². The van der Waals surface area contributed by atoms with Crippen molar-refractivity contribution in [3.05, 3.63) is 51.9 Å². The molecule has 5 rings (SSSR count). The standard InChI is InChI=1S/C23H27N7O2/c1-27-9-11-29(12-10-27)18-5-3-16(4-6-18)19-13-20-21(23(31)28(2)15-24-20)22(25-19)30-8-7-17(14-30)26-32/h3-6,13,15,17H,7-12,14H2,1-2H3. The number of pyridine rings is 1. The normalized spacial score (nSPS) is 19.6. The number of aromatic nitrogens is 3. The Morgan fingerprint density at radius 1 is 1.00 bits per heavy atom. The number of aryl methyl sites for hydroxylation is 1. The third-order valence-corrected chi connectivity index (χ3v) is 6.53. The average Bonchev–Trinajstić information content (AvgIpc) is 3.31. The van der Waals surface area contributed by atoms with Crippen molar-refractivity contribution in [2.45, 2.75) is 12.5 Å². The van der Waals surface area contributed by atoms with Gasteiger partial charge >= 0.3 is 0 Å². The maximum atomic E-state index is 12.9. The maximum absolute atomic E-state index is 12.9. The zero-order valence-corrected chi connectivity index (χ0v) is 18.4. The van der Waals surface area contributed by atoms with Crippen molar-refractivity contribution in [3.63, 3.8) is 0 Å². The summed E-state index contributed by atoms with van der Waals surface area (Å²) < 4.78 is 1.46. The summed E-state index contributed by atoms with van der Waals surface area (Å²) in [6, 6.07) is 10.0. The van der Waals surface area contributed by atoms with Gasteiger partial charge in [-0.2, -0.15) is 4.91 Å². The number of nitrogens with zero attached hydrogens (tertiary/aromatic N) is 7. The molecular formula is C23H27N7O2. The Hall–Kier alpha value is -3.33. The van der Waals surface area contributed by atoms with Crippen LogP contribution in [0.5, 0.6) is 0 Å². The molecule has 3 aromatic rings. The summed E-state index contributed by atoms with van der Waals surface area (Å²) in [5, 5.41) is 3.68. The maximum Gasteiger partial charge on any atom is 0.264 e. The second-order valence-corrected chi connectivity index (χ2v) is 8.72. The largest absolute Gasteiger partial charge is 0.369 e. The fourth-order valence-electron chi connectivity index (χ4n) is 4.51. The fraction of sp³-hybridized carbons (Fsp3) is 0.435. The van der Waals surface area contributed by atoms with Crippen LogP contribution in [0.4, 0.5) is 11.5 Å². The van der Waals surface area contributed by atoms with Crippen LogP contribution in [0.1, 0.15) is 6.42 Å². The Kier molecular flexibility index (Phi) is 5.34. The molecule has 2 saturated heterocycles. The van der Waals surface area contributed by atoms with E-state index in [2.05, 4.69) is 51.3 Å². The molecule has 1 atom stereocenters. The monoisotopic (exact) mass is 433 g/mol. The molecule has 1 unspecified atom stereocenters. The number of hydrogen-bond acceptors (Lipinski definition) is 8. The van der Waals surface area contributed by atoms with Crippen LogP contribution in [0.2, 0.25) is 0 Å². The molecule has 0 amide bonds. The summed E-state index contributed by atoms with van der Waals surface area (Å²) in [5.41, 5.74) is 3.41. The number of rotatable bonds is 4. The molecule has 2 aromatic heterocycles. The van der Waals surface area contributed by atoms with Crippen LogP contribution in [0, 0.1) is 4.91 Å². The van der Waals surface area contributed by atoms with Crippen LogP contribution in [0.25, 0.3) is 22.2 Å². The van der Waals surface area contributed by atoms with Crippen molar-refractivity contribution in [1.29, 1.82) is 0 Å². The second kappa shape index (κ2) is 8.31. The van der Waals surface area contributed by atoms with E-state index in [0.717, 1.165) is 37.4 Å². The topological polar surface area (TPSA) is 86.9 Å². The Balaban J connectivity index is 1.54. The van der Waals surface area contributed by atoms with Crippen molar-refractivity contribution in [2.24, 2.45) is 12.2 Å². The van der Waals surface area contributed by atoms with Crippen molar-refractivity contribution in [1.82, 2.24) is 19.4 Å². The van der Waals surface area contributed by atoms with E-state index >= 15 is 0 Å². The molecule has 9 heteroatoms. The Bertz CT molecular complexity index is 1200. The molecule has 1 aromatic carbocycles. The van der Waals surface area contributed by atoms with Gasteiger partial charge in [0.1, 0.15) is 17.2 Å². The van der Waals surface area contributed by atoms with Crippen molar-refractivity contribution >= 4 is 22.4 Å². The smallest absolute Gasteiger partial charge is 0.264 e. The molecule has 9 nitrogen and oxygen atoms in total. The average molecular weight is 434 g/mol. The predicted octanol–water partition coefficient (Wildman–Crippen LogP) is 2.09. The van der Waals surface area contributed by atoms with Gasteiger partial charge in [0, 0.05) is 57.6 Å². The van der Waals surface area contributed by atoms with Crippen molar-refractivity contribution < 1.29 is 0 Å². The van der Waals surface area contributed by atoms with Gasteiger partial charge in [0.25, 0.3) is 5.56 Å². The number of piperazine rings is 1. The molecule has 4 heterocycles. The lowest BCUT2D eigenvalue weighted by molar-refractivity contribution is 0.313. The summed E-state index contributed by atoms with van der Waals surface area (Å²) in [6.45, 7) is 5.26. The summed E-state index contributed by atoms with van der Waals surface area (Å²) in [4.78, 5) is 40.1. The van der Waals surface area contributed by atoms with E-state index in [1.165, 1.54) is 16.6 Å². The lowest BCUT2D eigenvalue weighted by Gasteiger charge is -2.34.